The van der Waals surface area contributed by atoms with E-state index in [1.54, 1.807) is 0 Å². The average Bonchev–Trinajstić information content (AvgIpc) is 2.92. The summed E-state index contributed by atoms with van der Waals surface area (Å²) in [6.45, 7) is 10.3. The molecule has 1 saturated heterocycles. The van der Waals surface area contributed by atoms with Gasteiger partial charge in [0.25, 0.3) is 0 Å². The van der Waals surface area contributed by atoms with Crippen LogP contribution in [0.25, 0.3) is 0 Å². The van der Waals surface area contributed by atoms with E-state index in [4.69, 9.17) is 9.47 Å². The topological polar surface area (TPSA) is 78.4 Å². The molecule has 0 aromatic carbocycles. The van der Waals surface area contributed by atoms with Crippen LogP contribution in [0.5, 0.6) is 0 Å². The SMILES string of the molecule is CCNC(=NCC(C)(O)CN1CCOCC1)NCCOC1CCCCCC1.I. The van der Waals surface area contributed by atoms with Crippen LogP contribution in [-0.2, 0) is 9.47 Å². The third-order valence-electron chi connectivity index (χ3n) is 5.14. The molecule has 0 amide bonds. The van der Waals surface area contributed by atoms with E-state index in [9.17, 15) is 5.11 Å². The van der Waals surface area contributed by atoms with Gasteiger partial charge in [-0.05, 0) is 26.7 Å². The molecule has 1 atom stereocenters. The van der Waals surface area contributed by atoms with Gasteiger partial charge in [0.1, 0.15) is 0 Å². The van der Waals surface area contributed by atoms with E-state index in [2.05, 4.69) is 20.5 Å². The predicted molar refractivity (Wildman–Crippen MR) is 125 cm³/mol. The first-order valence-electron chi connectivity index (χ1n) is 10.8. The lowest BCUT2D eigenvalue weighted by Gasteiger charge is -2.33. The minimum atomic E-state index is -0.851. The summed E-state index contributed by atoms with van der Waals surface area (Å²) in [6.07, 6.45) is 8.08. The van der Waals surface area contributed by atoms with Gasteiger partial charge in [-0.15, -0.1) is 24.0 Å². The van der Waals surface area contributed by atoms with Crippen LogP contribution in [0.2, 0.25) is 0 Å². The largest absolute Gasteiger partial charge is 0.387 e. The maximum atomic E-state index is 10.7. The van der Waals surface area contributed by atoms with Gasteiger partial charge >= 0.3 is 0 Å². The van der Waals surface area contributed by atoms with Crippen LogP contribution >= 0.6 is 24.0 Å². The van der Waals surface area contributed by atoms with Crippen molar-refractivity contribution in [1.29, 1.82) is 0 Å². The quantitative estimate of drug-likeness (QED) is 0.144. The van der Waals surface area contributed by atoms with Gasteiger partial charge in [-0.2, -0.15) is 0 Å². The summed E-state index contributed by atoms with van der Waals surface area (Å²) in [5, 5.41) is 17.2. The molecule has 1 unspecified atom stereocenters. The third-order valence-corrected chi connectivity index (χ3v) is 5.14. The number of nitrogens with one attached hydrogen (secondary N) is 2. The second-order valence-corrected chi connectivity index (χ2v) is 7.99. The number of hydrogen-bond acceptors (Lipinski definition) is 5. The molecule has 2 fully saturated rings. The Morgan fingerprint density at radius 1 is 1.18 bits per heavy atom. The molecular formula is C20H41IN4O3. The van der Waals surface area contributed by atoms with Crippen LogP contribution < -0.4 is 10.6 Å². The Hall–Kier alpha value is -0.160. The Morgan fingerprint density at radius 3 is 2.50 bits per heavy atom. The number of guanidine groups is 1. The molecular weight excluding hydrogens is 471 g/mol. The Kier molecular flexibility index (Phi) is 13.6. The molecule has 1 heterocycles. The number of β-amino-alcohol motifs (C(OH)–C–C–N with tert-alkyl or cyclic N) is 1. The number of nitrogens with zero attached hydrogens (tertiary/aromatic N) is 2. The molecule has 28 heavy (non-hydrogen) atoms. The first-order valence-corrected chi connectivity index (χ1v) is 10.8. The molecule has 3 N–H and O–H groups in total. The van der Waals surface area contributed by atoms with Crippen molar-refractivity contribution in [3.05, 3.63) is 0 Å². The van der Waals surface area contributed by atoms with Gasteiger partial charge < -0.3 is 25.2 Å². The van der Waals surface area contributed by atoms with Crippen molar-refractivity contribution in [2.45, 2.75) is 64.1 Å². The fourth-order valence-electron chi connectivity index (χ4n) is 3.69. The van der Waals surface area contributed by atoms with Gasteiger partial charge in [0.2, 0.25) is 0 Å². The molecule has 7 nitrogen and oxygen atoms in total. The van der Waals surface area contributed by atoms with Crippen LogP contribution in [0.3, 0.4) is 0 Å². The van der Waals surface area contributed by atoms with Crippen LogP contribution in [0.4, 0.5) is 0 Å². The summed E-state index contributed by atoms with van der Waals surface area (Å²) < 4.78 is 11.4. The highest BCUT2D eigenvalue weighted by Crippen LogP contribution is 2.19. The summed E-state index contributed by atoms with van der Waals surface area (Å²) in [6, 6.07) is 0. The minimum absolute atomic E-state index is 0. The Balaban J connectivity index is 0.00000392. The number of hydrogen-bond donors (Lipinski definition) is 3. The molecule has 8 heteroatoms. The molecule has 2 aliphatic rings. The summed E-state index contributed by atoms with van der Waals surface area (Å²) in [5.41, 5.74) is -0.851. The Labute approximate surface area is 188 Å². The minimum Gasteiger partial charge on any atom is -0.387 e. The van der Waals surface area contributed by atoms with E-state index in [1.165, 1.54) is 38.5 Å². The van der Waals surface area contributed by atoms with E-state index in [0.717, 1.165) is 45.4 Å². The summed E-state index contributed by atoms with van der Waals surface area (Å²) in [7, 11) is 0. The third kappa shape index (κ3) is 11.1. The van der Waals surface area contributed by atoms with E-state index in [1.807, 2.05) is 13.8 Å². The fourth-order valence-corrected chi connectivity index (χ4v) is 3.69. The zero-order valence-corrected chi connectivity index (χ0v) is 20.1. The Morgan fingerprint density at radius 2 is 1.86 bits per heavy atom. The van der Waals surface area contributed by atoms with Gasteiger partial charge in [0.05, 0.1) is 38.1 Å². The normalized spacial score (nSPS) is 22.0. The summed E-state index contributed by atoms with van der Waals surface area (Å²) in [5.74, 6) is 0.740. The van der Waals surface area contributed by atoms with Crippen molar-refractivity contribution in [1.82, 2.24) is 15.5 Å². The zero-order valence-electron chi connectivity index (χ0n) is 17.8. The smallest absolute Gasteiger partial charge is 0.191 e. The van der Waals surface area contributed by atoms with Crippen molar-refractivity contribution >= 4 is 29.9 Å². The van der Waals surface area contributed by atoms with Gasteiger partial charge in [0.15, 0.2) is 5.96 Å². The van der Waals surface area contributed by atoms with Gasteiger partial charge in [-0.1, -0.05) is 25.7 Å². The monoisotopic (exact) mass is 512 g/mol. The van der Waals surface area contributed by atoms with Crippen LogP contribution in [0.1, 0.15) is 52.4 Å². The second kappa shape index (κ2) is 14.8. The number of rotatable bonds is 9. The molecule has 166 valence electrons. The molecule has 0 spiro atoms. The van der Waals surface area contributed by atoms with Crippen molar-refractivity contribution in [3.8, 4) is 0 Å². The highest BCUT2D eigenvalue weighted by Gasteiger charge is 2.25. The molecule has 1 aliphatic heterocycles. The van der Waals surface area contributed by atoms with Gasteiger partial charge in [-0.25, -0.2) is 0 Å². The number of ether oxygens (including phenoxy) is 2. The highest BCUT2D eigenvalue weighted by atomic mass is 127. The highest BCUT2D eigenvalue weighted by molar-refractivity contribution is 14.0. The molecule has 0 aromatic heterocycles. The molecule has 0 radical (unpaired) electrons. The average molecular weight is 512 g/mol. The summed E-state index contributed by atoms with van der Waals surface area (Å²) >= 11 is 0. The van der Waals surface area contributed by atoms with E-state index >= 15 is 0 Å². The molecule has 1 aliphatic carbocycles. The maximum Gasteiger partial charge on any atom is 0.191 e. The zero-order chi connectivity index (χ0) is 19.4. The first kappa shape index (κ1) is 25.9. The number of halogens is 1. The lowest BCUT2D eigenvalue weighted by Crippen LogP contribution is -2.48. The van der Waals surface area contributed by atoms with Crippen LogP contribution in [0, 0.1) is 0 Å². The summed E-state index contributed by atoms with van der Waals surface area (Å²) in [4.78, 5) is 6.82. The predicted octanol–water partition coefficient (Wildman–Crippen LogP) is 1.98. The van der Waals surface area contributed by atoms with Gasteiger partial charge in [-0.3, -0.25) is 9.89 Å². The maximum absolute atomic E-state index is 10.7. The molecule has 2 rings (SSSR count). The van der Waals surface area contributed by atoms with Crippen molar-refractivity contribution in [2.75, 3.05) is 59.1 Å². The molecule has 0 bridgehead atoms. The van der Waals surface area contributed by atoms with Gasteiger partial charge in [0, 0.05) is 32.7 Å². The standard InChI is InChI=1S/C20H40N4O3.HI/c1-3-21-19(22-10-13-27-18-8-6-4-5-7-9-18)23-16-20(2,25)17-24-11-14-26-15-12-24;/h18,25H,3-17H2,1-2H3,(H2,21,22,23);1H. The molecule has 1 saturated carbocycles. The Bertz CT molecular complexity index is 424. The van der Waals surface area contributed by atoms with Crippen molar-refractivity contribution in [2.24, 2.45) is 4.99 Å². The number of aliphatic hydroxyl groups is 1. The molecule has 0 aromatic rings. The lowest BCUT2D eigenvalue weighted by atomic mass is 10.1. The van der Waals surface area contributed by atoms with Crippen molar-refractivity contribution < 1.29 is 14.6 Å². The van der Waals surface area contributed by atoms with Crippen LogP contribution in [-0.4, -0.2) is 86.8 Å². The number of aliphatic imine (C=N–C) groups is 1. The van der Waals surface area contributed by atoms with E-state index in [-0.39, 0.29) is 24.0 Å². The second-order valence-electron chi connectivity index (χ2n) is 7.99. The van der Waals surface area contributed by atoms with E-state index < -0.39 is 5.60 Å². The first-order chi connectivity index (χ1) is 13.1. The lowest BCUT2D eigenvalue weighted by molar-refractivity contribution is -0.0180. The van der Waals surface area contributed by atoms with Crippen LogP contribution in [0.15, 0.2) is 4.99 Å². The fraction of sp³-hybridized carbons (Fsp3) is 0.950. The van der Waals surface area contributed by atoms with Crippen molar-refractivity contribution in [3.63, 3.8) is 0 Å². The van der Waals surface area contributed by atoms with E-state index in [0.29, 0.717) is 25.8 Å². The number of morpholine rings is 1.